The summed E-state index contributed by atoms with van der Waals surface area (Å²) in [5.74, 6) is 0.952. The van der Waals surface area contributed by atoms with Crippen molar-refractivity contribution in [2.24, 2.45) is 0 Å². The molecule has 0 radical (unpaired) electrons. The van der Waals surface area contributed by atoms with Gasteiger partial charge in [-0.2, -0.15) is 5.26 Å². The number of nitrogens with one attached hydrogen (secondary N) is 1. The van der Waals surface area contributed by atoms with Gasteiger partial charge in [-0.05, 0) is 24.5 Å². The predicted octanol–water partition coefficient (Wildman–Crippen LogP) is 3.16. The lowest BCUT2D eigenvalue weighted by molar-refractivity contribution is 0.984. The maximum Gasteiger partial charge on any atom is 0.191 e. The maximum atomic E-state index is 9.10. The first-order valence-corrected chi connectivity index (χ1v) is 7.29. The van der Waals surface area contributed by atoms with Crippen molar-refractivity contribution in [1.29, 1.82) is 5.26 Å². The van der Waals surface area contributed by atoms with E-state index in [2.05, 4.69) is 37.3 Å². The van der Waals surface area contributed by atoms with Crippen molar-refractivity contribution >= 4 is 45.0 Å². The molecule has 2 rings (SSSR count). The van der Waals surface area contributed by atoms with E-state index < -0.39 is 0 Å². The molecule has 19 heavy (non-hydrogen) atoms. The molecule has 0 fully saturated rings. The second-order valence-corrected chi connectivity index (χ2v) is 5.28. The molecule has 96 valence electrons. The first kappa shape index (κ1) is 13.6. The third-order valence-corrected chi connectivity index (χ3v) is 3.31. The Hall–Kier alpha value is -1.78. The zero-order chi connectivity index (χ0) is 13.8. The number of thioether (sulfide) groups is 1. The van der Waals surface area contributed by atoms with E-state index in [1.165, 1.54) is 11.8 Å². The van der Waals surface area contributed by atoms with Crippen LogP contribution in [0.5, 0.6) is 0 Å². The number of hydrogen-bond donors (Lipinski definition) is 2. The zero-order valence-electron chi connectivity index (χ0n) is 10.0. The lowest BCUT2D eigenvalue weighted by atomic mass is 10.2. The lowest BCUT2D eigenvalue weighted by Gasteiger charge is -2.09. The van der Waals surface area contributed by atoms with Crippen molar-refractivity contribution in [2.75, 3.05) is 17.3 Å². The third kappa shape index (κ3) is 3.36. The molecule has 0 aliphatic rings. The van der Waals surface area contributed by atoms with Crippen LogP contribution in [0.15, 0.2) is 33.9 Å². The van der Waals surface area contributed by atoms with E-state index in [-0.39, 0.29) is 0 Å². The number of nitrogens with zero attached hydrogens (tertiary/aromatic N) is 3. The van der Waals surface area contributed by atoms with Gasteiger partial charge in [0, 0.05) is 10.5 Å². The number of nitriles is 1. The van der Waals surface area contributed by atoms with Gasteiger partial charge in [-0.1, -0.05) is 27.7 Å². The van der Waals surface area contributed by atoms with Gasteiger partial charge in [0.05, 0.1) is 11.3 Å². The van der Waals surface area contributed by atoms with Crippen LogP contribution in [0.25, 0.3) is 0 Å². The molecule has 0 atom stereocenters. The normalized spacial score (nSPS) is 9.95. The van der Waals surface area contributed by atoms with E-state index in [1.54, 1.807) is 18.2 Å². The summed E-state index contributed by atoms with van der Waals surface area (Å²) in [6.45, 7) is 0. The molecule has 0 bridgehead atoms. The van der Waals surface area contributed by atoms with Crippen LogP contribution in [-0.2, 0) is 0 Å². The van der Waals surface area contributed by atoms with Crippen LogP contribution in [0.1, 0.15) is 5.56 Å². The number of aromatic nitrogens is 2. The minimum Gasteiger partial charge on any atom is -0.383 e. The second kappa shape index (κ2) is 5.91. The Morgan fingerprint density at radius 1 is 1.37 bits per heavy atom. The number of nitrogen functional groups attached to an aromatic ring is 1. The van der Waals surface area contributed by atoms with Gasteiger partial charge in [0.1, 0.15) is 17.7 Å². The van der Waals surface area contributed by atoms with Crippen molar-refractivity contribution in [3.8, 4) is 6.07 Å². The predicted molar refractivity (Wildman–Crippen MR) is 80.4 cm³/mol. The minimum absolute atomic E-state index is 0.387. The van der Waals surface area contributed by atoms with E-state index in [9.17, 15) is 0 Å². The summed E-state index contributed by atoms with van der Waals surface area (Å²) >= 11 is 4.73. The largest absolute Gasteiger partial charge is 0.383 e. The van der Waals surface area contributed by atoms with Gasteiger partial charge in [-0.25, -0.2) is 9.97 Å². The molecule has 1 aromatic heterocycles. The molecule has 0 unspecified atom stereocenters. The Bertz CT molecular complexity index is 653. The first-order valence-electron chi connectivity index (χ1n) is 5.27. The fourth-order valence-corrected chi connectivity index (χ4v) is 2.20. The smallest absolute Gasteiger partial charge is 0.191 e. The Kier molecular flexibility index (Phi) is 4.24. The van der Waals surface area contributed by atoms with E-state index in [0.29, 0.717) is 28.0 Å². The number of hydrogen-bond acceptors (Lipinski definition) is 6. The van der Waals surface area contributed by atoms with Gasteiger partial charge in [0.2, 0.25) is 0 Å². The summed E-state index contributed by atoms with van der Waals surface area (Å²) in [6, 6.07) is 9.15. The van der Waals surface area contributed by atoms with Gasteiger partial charge in [-0.3, -0.25) is 0 Å². The van der Waals surface area contributed by atoms with Gasteiger partial charge in [0.15, 0.2) is 5.16 Å². The quantitative estimate of drug-likeness (QED) is 0.661. The number of rotatable bonds is 3. The molecule has 0 spiro atoms. The monoisotopic (exact) mass is 335 g/mol. The Balaban J connectivity index is 2.36. The topological polar surface area (TPSA) is 87.6 Å². The summed E-state index contributed by atoms with van der Waals surface area (Å²) in [7, 11) is 0. The molecule has 5 nitrogen and oxygen atoms in total. The van der Waals surface area contributed by atoms with Crippen LogP contribution in [0.3, 0.4) is 0 Å². The molecular weight excluding hydrogens is 326 g/mol. The highest BCUT2D eigenvalue weighted by atomic mass is 79.9. The van der Waals surface area contributed by atoms with Crippen molar-refractivity contribution in [3.63, 3.8) is 0 Å². The summed E-state index contributed by atoms with van der Waals surface area (Å²) in [4.78, 5) is 8.35. The first-order chi connectivity index (χ1) is 9.12. The second-order valence-electron chi connectivity index (χ2n) is 3.59. The molecular formula is C12H10BrN5S. The SMILES string of the molecule is CSc1nc(N)cc(Nc2ccc(Br)cc2C#N)n1. The molecule has 3 N–H and O–H groups in total. The number of anilines is 3. The van der Waals surface area contributed by atoms with Gasteiger partial charge in [-0.15, -0.1) is 0 Å². The molecule has 2 aromatic rings. The molecule has 1 aromatic carbocycles. The molecule has 0 amide bonds. The van der Waals surface area contributed by atoms with Gasteiger partial charge in [0.25, 0.3) is 0 Å². The molecule has 0 saturated carbocycles. The average Bonchev–Trinajstić information content (AvgIpc) is 2.40. The van der Waals surface area contributed by atoms with Crippen LogP contribution >= 0.6 is 27.7 Å². The Labute approximate surface area is 123 Å². The van der Waals surface area contributed by atoms with E-state index in [1.807, 2.05) is 12.3 Å². The average molecular weight is 336 g/mol. The number of nitrogens with two attached hydrogens (primary N) is 1. The molecule has 7 heteroatoms. The molecule has 0 saturated heterocycles. The van der Waals surface area contributed by atoms with Gasteiger partial charge >= 0.3 is 0 Å². The zero-order valence-corrected chi connectivity index (χ0v) is 12.4. The summed E-state index contributed by atoms with van der Waals surface area (Å²) in [5.41, 5.74) is 6.91. The fourth-order valence-electron chi connectivity index (χ4n) is 1.45. The highest BCUT2D eigenvalue weighted by Crippen LogP contribution is 2.24. The molecule has 0 aliphatic heterocycles. The molecule has 1 heterocycles. The van der Waals surface area contributed by atoms with E-state index >= 15 is 0 Å². The minimum atomic E-state index is 0.387. The maximum absolute atomic E-state index is 9.10. The van der Waals surface area contributed by atoms with Crippen molar-refractivity contribution in [2.45, 2.75) is 5.16 Å². The Morgan fingerprint density at radius 3 is 2.84 bits per heavy atom. The van der Waals surface area contributed by atoms with E-state index in [4.69, 9.17) is 11.0 Å². The highest BCUT2D eigenvalue weighted by molar-refractivity contribution is 9.10. The Morgan fingerprint density at radius 2 is 2.16 bits per heavy atom. The number of benzene rings is 1. The van der Waals surface area contributed by atoms with Crippen LogP contribution < -0.4 is 11.1 Å². The van der Waals surface area contributed by atoms with Crippen LogP contribution in [-0.4, -0.2) is 16.2 Å². The fraction of sp³-hybridized carbons (Fsp3) is 0.0833. The highest BCUT2D eigenvalue weighted by Gasteiger charge is 2.06. The third-order valence-electron chi connectivity index (χ3n) is 2.27. The summed E-state index contributed by atoms with van der Waals surface area (Å²) in [5, 5.41) is 12.8. The van der Waals surface area contributed by atoms with Crippen molar-refractivity contribution in [1.82, 2.24) is 9.97 Å². The van der Waals surface area contributed by atoms with Crippen molar-refractivity contribution < 1.29 is 0 Å². The molecule has 0 aliphatic carbocycles. The standard InChI is InChI=1S/C12H10BrN5S/c1-19-12-17-10(15)5-11(18-12)16-9-3-2-8(13)4-7(9)6-14/h2-5H,1H3,(H3,15,16,17,18). The van der Waals surface area contributed by atoms with E-state index in [0.717, 1.165) is 4.47 Å². The van der Waals surface area contributed by atoms with Crippen LogP contribution in [0.2, 0.25) is 0 Å². The van der Waals surface area contributed by atoms with Crippen LogP contribution in [0, 0.1) is 11.3 Å². The van der Waals surface area contributed by atoms with Crippen LogP contribution in [0.4, 0.5) is 17.3 Å². The lowest BCUT2D eigenvalue weighted by Crippen LogP contribution is -2.01. The van der Waals surface area contributed by atoms with Crippen molar-refractivity contribution in [3.05, 3.63) is 34.3 Å². The number of halogens is 1. The summed E-state index contributed by atoms with van der Waals surface area (Å²) < 4.78 is 0.849. The summed E-state index contributed by atoms with van der Waals surface area (Å²) in [6.07, 6.45) is 1.87. The van der Waals surface area contributed by atoms with Gasteiger partial charge < -0.3 is 11.1 Å².